The minimum Gasteiger partial charge on any atom is -0.192 e. The Morgan fingerprint density at radius 2 is 1.73 bits per heavy atom. The topological polar surface area (TPSA) is 23.8 Å². The molecule has 1 heteroatoms. The Hall–Kier alpha value is -1.42. The molecule has 0 bridgehead atoms. The second-order valence-electron chi connectivity index (χ2n) is 2.69. The highest BCUT2D eigenvalue weighted by atomic mass is 14.2. The van der Waals surface area contributed by atoms with Crippen molar-refractivity contribution in [2.45, 2.75) is 13.8 Å². The smallest absolute Gasteiger partial charge is 0.132 e. The molecule has 0 unspecified atom stereocenters. The zero-order valence-corrected chi connectivity index (χ0v) is 6.76. The van der Waals surface area contributed by atoms with E-state index >= 15 is 0 Å². The molecule has 11 heavy (non-hydrogen) atoms. The number of hydrogen-bond acceptors (Lipinski definition) is 1. The average Bonchev–Trinajstić information content (AvgIpc) is 2.05. The average molecular weight is 144 g/mol. The Morgan fingerprint density at radius 3 is 2.09 bits per heavy atom. The highest BCUT2D eigenvalue weighted by molar-refractivity contribution is 5.36. The van der Waals surface area contributed by atoms with E-state index in [2.05, 4.69) is 19.9 Å². The van der Waals surface area contributed by atoms with Crippen molar-refractivity contribution >= 4 is 0 Å². The first-order chi connectivity index (χ1) is 5.24. The lowest BCUT2D eigenvalue weighted by Crippen LogP contribution is -1.86. The SMILES string of the molecule is C[C+](C)c1ccc(C#N)cc1. The van der Waals surface area contributed by atoms with Crippen molar-refractivity contribution in [1.82, 2.24) is 0 Å². The van der Waals surface area contributed by atoms with Gasteiger partial charge in [-0.05, 0) is 0 Å². The summed E-state index contributed by atoms with van der Waals surface area (Å²) >= 11 is 0. The first kappa shape index (κ1) is 7.68. The van der Waals surface area contributed by atoms with Crippen molar-refractivity contribution in [2.24, 2.45) is 0 Å². The molecule has 1 nitrogen and oxygen atoms in total. The van der Waals surface area contributed by atoms with Crippen molar-refractivity contribution in [3.05, 3.63) is 41.3 Å². The molecule has 0 saturated carbocycles. The molecule has 1 rings (SSSR count). The third-order valence-corrected chi connectivity index (χ3v) is 1.59. The van der Waals surface area contributed by atoms with Gasteiger partial charge in [0.25, 0.3) is 0 Å². The standard InChI is InChI=1S/C10H10N/c1-8(2)10-5-3-9(7-11)4-6-10/h3-6H,1-2H3/q+1. The fourth-order valence-electron chi connectivity index (χ4n) is 0.878. The zero-order chi connectivity index (χ0) is 8.27. The quantitative estimate of drug-likeness (QED) is 0.555. The van der Waals surface area contributed by atoms with E-state index < -0.39 is 0 Å². The molecule has 0 radical (unpaired) electrons. The molecule has 0 fully saturated rings. The van der Waals surface area contributed by atoms with Gasteiger partial charge in [-0.15, -0.1) is 0 Å². The molecule has 0 aliphatic rings. The Bertz CT molecular complexity index is 264. The number of rotatable bonds is 1. The molecule has 0 N–H and O–H groups in total. The maximum Gasteiger partial charge on any atom is 0.132 e. The molecule has 0 atom stereocenters. The van der Waals surface area contributed by atoms with Gasteiger partial charge in [0.2, 0.25) is 0 Å². The molecule has 0 aliphatic carbocycles. The molecule has 0 spiro atoms. The molecular formula is C10H10N+. The summed E-state index contributed by atoms with van der Waals surface area (Å²) in [6, 6.07) is 9.69. The summed E-state index contributed by atoms with van der Waals surface area (Å²) < 4.78 is 0. The molecule has 0 aliphatic heterocycles. The van der Waals surface area contributed by atoms with Crippen LogP contribution in [0, 0.1) is 17.2 Å². The Kier molecular flexibility index (Phi) is 2.18. The first-order valence-electron chi connectivity index (χ1n) is 3.54. The van der Waals surface area contributed by atoms with E-state index in [1.165, 1.54) is 11.5 Å². The van der Waals surface area contributed by atoms with Crippen LogP contribution in [-0.4, -0.2) is 0 Å². The van der Waals surface area contributed by atoms with Gasteiger partial charge >= 0.3 is 0 Å². The molecule has 0 aromatic heterocycles. The summed E-state index contributed by atoms with van der Waals surface area (Å²) in [6.45, 7) is 4.11. The van der Waals surface area contributed by atoms with Crippen LogP contribution in [0.5, 0.6) is 0 Å². The molecule has 54 valence electrons. The van der Waals surface area contributed by atoms with E-state index in [4.69, 9.17) is 5.26 Å². The maximum atomic E-state index is 8.51. The minimum atomic E-state index is 0.718. The Morgan fingerprint density at radius 1 is 1.18 bits per heavy atom. The molecule has 1 aromatic carbocycles. The summed E-state index contributed by atoms with van der Waals surface area (Å²) in [4.78, 5) is 0. The predicted molar refractivity (Wildman–Crippen MR) is 44.9 cm³/mol. The lowest BCUT2D eigenvalue weighted by atomic mass is 10.0. The first-order valence-corrected chi connectivity index (χ1v) is 3.54. The van der Waals surface area contributed by atoms with E-state index in [0.717, 1.165) is 5.56 Å². The fraction of sp³-hybridized carbons (Fsp3) is 0.200. The predicted octanol–water partition coefficient (Wildman–Crippen LogP) is 2.52. The molecule has 0 heterocycles. The van der Waals surface area contributed by atoms with Crippen molar-refractivity contribution in [3.63, 3.8) is 0 Å². The van der Waals surface area contributed by atoms with Crippen LogP contribution < -0.4 is 0 Å². The van der Waals surface area contributed by atoms with Crippen LogP contribution in [0.15, 0.2) is 24.3 Å². The number of benzene rings is 1. The molecule has 0 amide bonds. The van der Waals surface area contributed by atoms with E-state index in [1.807, 2.05) is 24.3 Å². The van der Waals surface area contributed by atoms with Crippen LogP contribution in [0.25, 0.3) is 0 Å². The number of hydrogen-bond donors (Lipinski definition) is 0. The Labute approximate surface area is 67.3 Å². The highest BCUT2D eigenvalue weighted by Crippen LogP contribution is 2.12. The van der Waals surface area contributed by atoms with Gasteiger partial charge < -0.3 is 0 Å². The maximum absolute atomic E-state index is 8.51. The third kappa shape index (κ3) is 1.75. The highest BCUT2D eigenvalue weighted by Gasteiger charge is 2.06. The van der Waals surface area contributed by atoms with Gasteiger partial charge in [-0.1, -0.05) is 0 Å². The van der Waals surface area contributed by atoms with Gasteiger partial charge in [0, 0.05) is 44.0 Å². The normalized spacial score (nSPS) is 8.82. The molecule has 1 aromatic rings. The van der Waals surface area contributed by atoms with E-state index in [-0.39, 0.29) is 0 Å². The van der Waals surface area contributed by atoms with Crippen LogP contribution in [0.1, 0.15) is 25.0 Å². The lowest BCUT2D eigenvalue weighted by molar-refractivity contribution is 1.15. The Balaban J connectivity index is 2.94. The minimum absolute atomic E-state index is 0.718. The van der Waals surface area contributed by atoms with Crippen LogP contribution in [0.4, 0.5) is 0 Å². The van der Waals surface area contributed by atoms with Crippen molar-refractivity contribution in [1.29, 1.82) is 5.26 Å². The van der Waals surface area contributed by atoms with Gasteiger partial charge in [0.15, 0.2) is 0 Å². The van der Waals surface area contributed by atoms with Gasteiger partial charge in [-0.25, -0.2) is 0 Å². The summed E-state index contributed by atoms with van der Waals surface area (Å²) in [5.74, 6) is 1.27. The second kappa shape index (κ2) is 3.12. The van der Waals surface area contributed by atoms with Gasteiger partial charge in [-0.2, -0.15) is 5.26 Å². The van der Waals surface area contributed by atoms with Gasteiger partial charge in [0.05, 0.1) is 5.56 Å². The summed E-state index contributed by atoms with van der Waals surface area (Å²) in [5, 5.41) is 8.51. The van der Waals surface area contributed by atoms with Crippen LogP contribution in [-0.2, 0) is 0 Å². The number of nitrogens with zero attached hydrogens (tertiary/aromatic N) is 1. The van der Waals surface area contributed by atoms with Gasteiger partial charge in [-0.3, -0.25) is 0 Å². The van der Waals surface area contributed by atoms with Crippen LogP contribution >= 0.6 is 0 Å². The molecular weight excluding hydrogens is 134 g/mol. The zero-order valence-electron chi connectivity index (χ0n) is 6.76. The molecule has 0 saturated heterocycles. The van der Waals surface area contributed by atoms with Crippen LogP contribution in [0.2, 0.25) is 0 Å². The van der Waals surface area contributed by atoms with Crippen LogP contribution in [0.3, 0.4) is 0 Å². The monoisotopic (exact) mass is 144 g/mol. The van der Waals surface area contributed by atoms with E-state index in [1.54, 1.807) is 0 Å². The van der Waals surface area contributed by atoms with Gasteiger partial charge in [0.1, 0.15) is 11.6 Å². The van der Waals surface area contributed by atoms with Crippen molar-refractivity contribution in [2.75, 3.05) is 0 Å². The summed E-state index contributed by atoms with van der Waals surface area (Å²) in [6.07, 6.45) is 0. The lowest BCUT2D eigenvalue weighted by Gasteiger charge is -1.93. The fourth-order valence-corrected chi connectivity index (χ4v) is 0.878. The summed E-state index contributed by atoms with van der Waals surface area (Å²) in [5.41, 5.74) is 1.92. The summed E-state index contributed by atoms with van der Waals surface area (Å²) in [7, 11) is 0. The van der Waals surface area contributed by atoms with Crippen molar-refractivity contribution in [3.8, 4) is 6.07 Å². The number of nitriles is 1. The third-order valence-electron chi connectivity index (χ3n) is 1.59. The van der Waals surface area contributed by atoms with E-state index in [9.17, 15) is 0 Å². The van der Waals surface area contributed by atoms with E-state index in [0.29, 0.717) is 0 Å². The van der Waals surface area contributed by atoms with Crippen molar-refractivity contribution < 1.29 is 0 Å². The largest absolute Gasteiger partial charge is 0.192 e. The second-order valence-corrected chi connectivity index (χ2v) is 2.69.